The van der Waals surface area contributed by atoms with Gasteiger partial charge in [0.05, 0.1) is 16.6 Å². The first kappa shape index (κ1) is 20.4. The van der Waals surface area contributed by atoms with Crippen LogP contribution in [-0.2, 0) is 11.2 Å². The van der Waals surface area contributed by atoms with Gasteiger partial charge in [0.15, 0.2) is 6.61 Å². The van der Waals surface area contributed by atoms with Crippen LogP contribution in [0.4, 0.5) is 13.2 Å². The van der Waals surface area contributed by atoms with Crippen LogP contribution in [0, 0.1) is 0 Å². The molecule has 0 saturated heterocycles. The molecule has 6 nitrogen and oxygen atoms in total. The molecule has 0 bridgehead atoms. The summed E-state index contributed by atoms with van der Waals surface area (Å²) < 4.78 is 43.0. The number of primary amides is 1. The Morgan fingerprint density at radius 2 is 1.79 bits per heavy atom. The molecule has 0 aliphatic rings. The number of hydrogen-bond acceptors (Lipinski definition) is 4. The van der Waals surface area contributed by atoms with Crippen molar-refractivity contribution in [2.45, 2.75) is 25.4 Å². The summed E-state index contributed by atoms with van der Waals surface area (Å²) in [5, 5.41) is 0.406. The van der Waals surface area contributed by atoms with Crippen molar-refractivity contribution >= 4 is 16.8 Å². The summed E-state index contributed by atoms with van der Waals surface area (Å²) in [6.45, 7) is -1.40. The molecule has 1 aromatic heterocycles. The molecule has 0 saturated carbocycles. The maximum atomic E-state index is 13.0. The van der Waals surface area contributed by atoms with Gasteiger partial charge in [-0.25, -0.2) is 4.98 Å². The summed E-state index contributed by atoms with van der Waals surface area (Å²) >= 11 is 0. The normalized spacial score (nSPS) is 11.6. The highest BCUT2D eigenvalue weighted by Crippen LogP contribution is 2.21. The third-order valence-corrected chi connectivity index (χ3v) is 4.17. The van der Waals surface area contributed by atoms with Crippen LogP contribution in [0.25, 0.3) is 16.6 Å². The molecule has 1 heterocycles. The number of alkyl halides is 3. The number of fused-ring (bicyclic) bond motifs is 1. The number of ether oxygens (including phenoxy) is 1. The van der Waals surface area contributed by atoms with Crippen LogP contribution in [0.15, 0.2) is 53.3 Å². The number of amides is 1. The third-order valence-electron chi connectivity index (χ3n) is 4.17. The first-order valence-corrected chi connectivity index (χ1v) is 8.83. The number of nitrogens with two attached hydrogens (primary N) is 1. The van der Waals surface area contributed by atoms with Gasteiger partial charge in [0.1, 0.15) is 11.6 Å². The Hall–Kier alpha value is -3.36. The van der Waals surface area contributed by atoms with E-state index < -0.39 is 18.7 Å². The van der Waals surface area contributed by atoms with E-state index in [9.17, 15) is 22.8 Å². The Bertz CT molecular complexity index is 1080. The lowest BCUT2D eigenvalue weighted by atomic mass is 10.2. The molecule has 2 aromatic carbocycles. The summed E-state index contributed by atoms with van der Waals surface area (Å²) in [6.07, 6.45) is -3.55. The van der Waals surface area contributed by atoms with Crippen LogP contribution >= 0.6 is 0 Å². The largest absolute Gasteiger partial charge is 0.484 e. The molecule has 1 amide bonds. The van der Waals surface area contributed by atoms with Crippen LogP contribution in [0.2, 0.25) is 0 Å². The molecule has 0 fully saturated rings. The lowest BCUT2D eigenvalue weighted by Crippen LogP contribution is -2.24. The second-order valence-corrected chi connectivity index (χ2v) is 6.40. The fourth-order valence-corrected chi connectivity index (χ4v) is 2.89. The van der Waals surface area contributed by atoms with Crippen molar-refractivity contribution in [2.24, 2.45) is 5.73 Å². The number of halogens is 3. The highest BCUT2D eigenvalue weighted by Gasteiger charge is 2.28. The van der Waals surface area contributed by atoms with Crippen LogP contribution in [-0.4, -0.2) is 28.2 Å². The molecule has 2 N–H and O–H groups in total. The predicted molar refractivity (Wildman–Crippen MR) is 101 cm³/mol. The van der Waals surface area contributed by atoms with Crippen molar-refractivity contribution in [3.63, 3.8) is 0 Å². The first-order chi connectivity index (χ1) is 13.7. The SMILES string of the molecule is NC(=O)CCCc1nc2ccccc2c(=O)n1-c1ccc(OCC(F)(F)F)cc1. The van der Waals surface area contributed by atoms with Gasteiger partial charge >= 0.3 is 6.18 Å². The summed E-state index contributed by atoms with van der Waals surface area (Å²) in [4.78, 5) is 28.6. The molecule has 0 aliphatic heterocycles. The third kappa shape index (κ3) is 5.13. The zero-order valence-electron chi connectivity index (χ0n) is 15.3. The van der Waals surface area contributed by atoms with Gasteiger partial charge in [-0.05, 0) is 42.8 Å². The van der Waals surface area contributed by atoms with Crippen LogP contribution < -0.4 is 16.0 Å². The number of carbonyl (C=O) groups excluding carboxylic acids is 1. The Morgan fingerprint density at radius 3 is 2.45 bits per heavy atom. The Labute approximate surface area is 163 Å². The topological polar surface area (TPSA) is 87.2 Å². The smallest absolute Gasteiger partial charge is 0.422 e. The van der Waals surface area contributed by atoms with E-state index in [-0.39, 0.29) is 17.7 Å². The number of benzene rings is 2. The second kappa shape index (κ2) is 8.34. The summed E-state index contributed by atoms with van der Waals surface area (Å²) in [5.74, 6) is 0.00733. The van der Waals surface area contributed by atoms with Gasteiger partial charge in [0.25, 0.3) is 5.56 Å². The molecule has 0 radical (unpaired) electrons. The molecule has 0 aliphatic carbocycles. The van der Waals surface area contributed by atoms with E-state index >= 15 is 0 Å². The molecular formula is C20H18F3N3O3. The van der Waals surface area contributed by atoms with Gasteiger partial charge in [-0.3, -0.25) is 14.2 Å². The standard InChI is InChI=1S/C20H18F3N3O3/c21-20(22,23)12-29-14-10-8-13(9-11-14)26-18(7-3-6-17(24)27)25-16-5-2-1-4-15(16)19(26)28/h1-2,4-5,8-11H,3,6-7,12H2,(H2,24,27). The fraction of sp³-hybridized carbons (Fsp3) is 0.250. The molecule has 3 rings (SSSR count). The van der Waals surface area contributed by atoms with Crippen molar-refractivity contribution in [1.29, 1.82) is 0 Å². The lowest BCUT2D eigenvalue weighted by molar-refractivity contribution is -0.153. The van der Waals surface area contributed by atoms with E-state index in [1.165, 1.54) is 28.8 Å². The molecule has 152 valence electrons. The van der Waals surface area contributed by atoms with Crippen LogP contribution in [0.1, 0.15) is 18.7 Å². The van der Waals surface area contributed by atoms with Crippen molar-refractivity contribution in [3.8, 4) is 11.4 Å². The number of rotatable bonds is 7. The van der Waals surface area contributed by atoms with Gasteiger partial charge in [0.2, 0.25) is 5.91 Å². The van der Waals surface area contributed by atoms with Crippen LogP contribution in [0.3, 0.4) is 0 Å². The van der Waals surface area contributed by atoms with E-state index in [2.05, 4.69) is 4.98 Å². The van der Waals surface area contributed by atoms with E-state index in [0.717, 1.165) is 0 Å². The Kier molecular flexibility index (Phi) is 5.86. The maximum absolute atomic E-state index is 13.0. The van der Waals surface area contributed by atoms with E-state index in [0.29, 0.717) is 35.3 Å². The molecular weight excluding hydrogens is 387 g/mol. The summed E-state index contributed by atoms with van der Waals surface area (Å²) in [5.41, 5.74) is 5.82. The van der Waals surface area contributed by atoms with Gasteiger partial charge < -0.3 is 10.5 Å². The number of nitrogens with zero attached hydrogens (tertiary/aromatic N) is 2. The monoisotopic (exact) mass is 405 g/mol. The summed E-state index contributed by atoms with van der Waals surface area (Å²) in [6, 6.07) is 12.5. The van der Waals surface area contributed by atoms with Gasteiger partial charge in [-0.2, -0.15) is 13.2 Å². The van der Waals surface area contributed by atoms with Crippen molar-refractivity contribution < 1.29 is 22.7 Å². The average molecular weight is 405 g/mol. The molecule has 9 heteroatoms. The minimum absolute atomic E-state index is 0.0307. The molecule has 0 unspecified atom stereocenters. The van der Waals surface area contributed by atoms with Crippen molar-refractivity contribution in [3.05, 3.63) is 64.7 Å². The van der Waals surface area contributed by atoms with E-state index in [1.54, 1.807) is 24.3 Å². The van der Waals surface area contributed by atoms with E-state index in [1.807, 2.05) is 0 Å². The maximum Gasteiger partial charge on any atom is 0.422 e. The number of aryl methyl sites for hydroxylation is 1. The van der Waals surface area contributed by atoms with Gasteiger partial charge in [-0.1, -0.05) is 12.1 Å². The average Bonchev–Trinajstić information content (AvgIpc) is 2.66. The Morgan fingerprint density at radius 1 is 1.10 bits per heavy atom. The highest BCUT2D eigenvalue weighted by molar-refractivity contribution is 5.78. The minimum Gasteiger partial charge on any atom is -0.484 e. The van der Waals surface area contributed by atoms with Gasteiger partial charge in [0, 0.05) is 12.8 Å². The number of aromatic nitrogens is 2. The van der Waals surface area contributed by atoms with Crippen molar-refractivity contribution in [1.82, 2.24) is 9.55 Å². The molecule has 3 aromatic rings. The minimum atomic E-state index is -4.44. The van der Waals surface area contributed by atoms with Crippen molar-refractivity contribution in [2.75, 3.05) is 6.61 Å². The summed E-state index contributed by atoms with van der Waals surface area (Å²) in [7, 11) is 0. The van der Waals surface area contributed by atoms with Crippen LogP contribution in [0.5, 0.6) is 5.75 Å². The Balaban J connectivity index is 1.98. The number of carbonyl (C=O) groups is 1. The van der Waals surface area contributed by atoms with E-state index in [4.69, 9.17) is 10.5 Å². The zero-order chi connectivity index (χ0) is 21.0. The molecule has 0 atom stereocenters. The first-order valence-electron chi connectivity index (χ1n) is 8.83. The number of para-hydroxylation sites is 1. The molecule has 29 heavy (non-hydrogen) atoms. The van der Waals surface area contributed by atoms with Gasteiger partial charge in [-0.15, -0.1) is 0 Å². The quantitative estimate of drug-likeness (QED) is 0.654. The lowest BCUT2D eigenvalue weighted by Gasteiger charge is -2.14. The molecule has 0 spiro atoms. The number of hydrogen-bond donors (Lipinski definition) is 1. The fourth-order valence-electron chi connectivity index (χ4n) is 2.89. The highest BCUT2D eigenvalue weighted by atomic mass is 19.4. The second-order valence-electron chi connectivity index (χ2n) is 6.40. The zero-order valence-corrected chi connectivity index (χ0v) is 15.3. The predicted octanol–water partition coefficient (Wildman–Crippen LogP) is 3.13.